The first-order chi connectivity index (χ1) is 17.8. The number of nitrogens with zero attached hydrogens (tertiary/aromatic N) is 2. The fraction of sp³-hybridized carbons (Fsp3) is 0.286. The van der Waals surface area contributed by atoms with E-state index in [1.54, 1.807) is 26.0 Å². The molecule has 1 atom stereocenters. The van der Waals surface area contributed by atoms with E-state index >= 15 is 0 Å². The van der Waals surface area contributed by atoms with Gasteiger partial charge in [-0.15, -0.1) is 0 Å². The minimum absolute atomic E-state index is 0.0248. The van der Waals surface area contributed by atoms with Crippen LogP contribution in [-0.2, 0) is 4.74 Å². The van der Waals surface area contributed by atoms with Crippen molar-refractivity contribution in [3.05, 3.63) is 85.7 Å². The van der Waals surface area contributed by atoms with E-state index in [-0.39, 0.29) is 28.5 Å². The smallest absolute Gasteiger partial charge is 0.350 e. The summed E-state index contributed by atoms with van der Waals surface area (Å²) in [6.45, 7) is 8.14. The lowest BCUT2D eigenvalue weighted by Crippen LogP contribution is -2.29. The Labute approximate surface area is 217 Å². The van der Waals surface area contributed by atoms with Crippen LogP contribution in [0.3, 0.4) is 0 Å². The second-order valence-corrected chi connectivity index (χ2v) is 9.78. The van der Waals surface area contributed by atoms with Crippen LogP contribution in [-0.4, -0.2) is 30.1 Å². The van der Waals surface area contributed by atoms with Gasteiger partial charge in [0.2, 0.25) is 5.76 Å². The number of thiazole rings is 1. The molecule has 1 aliphatic rings. The second-order valence-electron chi connectivity index (χ2n) is 8.80. The molecule has 0 N–H and O–H groups in total. The minimum Gasteiger partial charge on any atom is -0.494 e. The molecule has 9 heteroatoms. The van der Waals surface area contributed by atoms with Gasteiger partial charge < -0.3 is 13.9 Å². The topological polar surface area (TPSA) is 98.9 Å². The lowest BCUT2D eigenvalue weighted by Gasteiger charge is -2.22. The molecule has 0 bridgehead atoms. The van der Waals surface area contributed by atoms with Gasteiger partial charge >= 0.3 is 5.97 Å². The van der Waals surface area contributed by atoms with Crippen molar-refractivity contribution >= 4 is 39.3 Å². The number of hydrogen-bond acceptors (Lipinski definition) is 8. The average Bonchev–Trinajstić information content (AvgIpc) is 3.41. The highest BCUT2D eigenvalue weighted by Crippen LogP contribution is 2.43. The van der Waals surface area contributed by atoms with Crippen molar-refractivity contribution in [2.45, 2.75) is 40.2 Å². The van der Waals surface area contributed by atoms with Crippen LogP contribution in [0.4, 0.5) is 5.13 Å². The molecule has 37 heavy (non-hydrogen) atoms. The zero-order chi connectivity index (χ0) is 26.3. The number of carbonyl (C=O) groups excluding carboxylic acids is 2. The van der Waals surface area contributed by atoms with Crippen LogP contribution in [0, 0.1) is 13.8 Å². The molecule has 1 unspecified atom stereocenters. The summed E-state index contributed by atoms with van der Waals surface area (Å²) in [4.78, 5) is 46.3. The van der Waals surface area contributed by atoms with Crippen molar-refractivity contribution in [1.82, 2.24) is 4.98 Å². The van der Waals surface area contributed by atoms with E-state index in [0.717, 1.165) is 23.3 Å². The van der Waals surface area contributed by atoms with E-state index in [2.05, 4.69) is 4.98 Å². The Hall–Kier alpha value is -3.98. The van der Waals surface area contributed by atoms with Crippen molar-refractivity contribution < 1.29 is 23.5 Å². The standard InChI is InChI=1S/C28H26N2O6S/c1-5-13-35-18-10-8-17(9-11-18)22-21-23(31)19-14-15(3)7-12-20(19)36-24(21)26(32)30(22)28-29-16(4)25(37-28)27(33)34-6-2/h7-12,14,22H,5-6,13H2,1-4H3. The van der Waals surface area contributed by atoms with Gasteiger partial charge in [0.1, 0.15) is 16.2 Å². The highest BCUT2D eigenvalue weighted by molar-refractivity contribution is 7.17. The number of hydrogen-bond donors (Lipinski definition) is 0. The number of esters is 1. The number of aryl methyl sites for hydroxylation is 2. The van der Waals surface area contributed by atoms with Crippen molar-refractivity contribution in [3.63, 3.8) is 0 Å². The van der Waals surface area contributed by atoms with Crippen molar-refractivity contribution in [3.8, 4) is 5.75 Å². The Kier molecular flexibility index (Phi) is 6.55. The maximum Gasteiger partial charge on any atom is 0.350 e. The zero-order valence-corrected chi connectivity index (χ0v) is 21.8. The van der Waals surface area contributed by atoms with Gasteiger partial charge in [0, 0.05) is 0 Å². The summed E-state index contributed by atoms with van der Waals surface area (Å²) in [7, 11) is 0. The second kappa shape index (κ2) is 9.82. The number of amides is 1. The van der Waals surface area contributed by atoms with Crippen LogP contribution in [0.1, 0.15) is 68.9 Å². The lowest BCUT2D eigenvalue weighted by molar-refractivity contribution is 0.0531. The molecular weight excluding hydrogens is 492 g/mol. The molecule has 0 fully saturated rings. The van der Waals surface area contributed by atoms with E-state index in [1.807, 2.05) is 44.2 Å². The molecule has 2 aromatic heterocycles. The van der Waals surface area contributed by atoms with Gasteiger partial charge in [0.25, 0.3) is 5.91 Å². The maximum absolute atomic E-state index is 13.8. The van der Waals surface area contributed by atoms with Crippen LogP contribution in [0.15, 0.2) is 51.7 Å². The van der Waals surface area contributed by atoms with Crippen molar-refractivity contribution in [2.75, 3.05) is 18.1 Å². The van der Waals surface area contributed by atoms with E-state index in [0.29, 0.717) is 39.5 Å². The fourth-order valence-electron chi connectivity index (χ4n) is 4.44. The van der Waals surface area contributed by atoms with Crippen LogP contribution in [0.2, 0.25) is 0 Å². The molecule has 1 aliphatic heterocycles. The number of aromatic nitrogens is 1. The highest BCUT2D eigenvalue weighted by Gasteiger charge is 2.45. The Balaban J connectivity index is 1.69. The van der Waals surface area contributed by atoms with Crippen LogP contribution < -0.4 is 15.1 Å². The average molecular weight is 519 g/mol. The SMILES string of the molecule is CCCOc1ccc(C2c3c(oc4ccc(C)cc4c3=O)C(=O)N2c2nc(C)c(C(=O)OCC)s2)cc1. The third-order valence-electron chi connectivity index (χ3n) is 6.15. The molecule has 4 aromatic rings. The van der Waals surface area contributed by atoms with Gasteiger partial charge in [0.15, 0.2) is 10.6 Å². The van der Waals surface area contributed by atoms with Gasteiger partial charge in [-0.2, -0.15) is 0 Å². The van der Waals surface area contributed by atoms with Gasteiger partial charge in [-0.3, -0.25) is 14.5 Å². The number of fused-ring (bicyclic) bond motifs is 2. The Bertz CT molecular complexity index is 1570. The summed E-state index contributed by atoms with van der Waals surface area (Å²) in [6.07, 6.45) is 0.875. The predicted molar refractivity (Wildman–Crippen MR) is 141 cm³/mol. The molecule has 5 rings (SSSR count). The molecule has 8 nitrogen and oxygen atoms in total. The number of ether oxygens (including phenoxy) is 2. The quantitative estimate of drug-likeness (QED) is 0.295. The molecule has 0 aliphatic carbocycles. The Morgan fingerprint density at radius 3 is 2.57 bits per heavy atom. The van der Waals surface area contributed by atoms with E-state index < -0.39 is 17.9 Å². The molecule has 0 saturated carbocycles. The van der Waals surface area contributed by atoms with E-state index in [4.69, 9.17) is 13.9 Å². The summed E-state index contributed by atoms with van der Waals surface area (Å²) >= 11 is 1.06. The van der Waals surface area contributed by atoms with Gasteiger partial charge in [-0.25, -0.2) is 9.78 Å². The Morgan fingerprint density at radius 1 is 1.11 bits per heavy atom. The first-order valence-corrected chi connectivity index (χ1v) is 12.9. The molecular formula is C28H26N2O6S. The number of rotatable bonds is 7. The maximum atomic E-state index is 13.8. The Morgan fingerprint density at radius 2 is 1.86 bits per heavy atom. The van der Waals surface area contributed by atoms with Crippen LogP contribution in [0.5, 0.6) is 5.75 Å². The molecule has 190 valence electrons. The van der Waals surface area contributed by atoms with Gasteiger partial charge in [-0.1, -0.05) is 42.0 Å². The number of carbonyl (C=O) groups is 2. The normalized spacial score (nSPS) is 14.8. The minimum atomic E-state index is -0.788. The predicted octanol–water partition coefficient (Wildman–Crippen LogP) is 5.58. The van der Waals surface area contributed by atoms with Crippen molar-refractivity contribution in [2.24, 2.45) is 0 Å². The molecule has 0 radical (unpaired) electrons. The highest BCUT2D eigenvalue weighted by atomic mass is 32.1. The molecule has 0 spiro atoms. The fourth-order valence-corrected chi connectivity index (χ4v) is 5.42. The van der Waals surface area contributed by atoms with Crippen LogP contribution >= 0.6 is 11.3 Å². The summed E-state index contributed by atoms with van der Waals surface area (Å²) < 4.78 is 16.9. The summed E-state index contributed by atoms with van der Waals surface area (Å²) in [5.74, 6) is -0.326. The van der Waals surface area contributed by atoms with Gasteiger partial charge in [0.05, 0.1) is 35.9 Å². The molecule has 1 amide bonds. The molecule has 2 aromatic carbocycles. The molecule has 3 heterocycles. The first-order valence-electron chi connectivity index (χ1n) is 12.1. The zero-order valence-electron chi connectivity index (χ0n) is 21.0. The van der Waals surface area contributed by atoms with E-state index in [1.165, 1.54) is 4.90 Å². The van der Waals surface area contributed by atoms with E-state index in [9.17, 15) is 14.4 Å². The summed E-state index contributed by atoms with van der Waals surface area (Å²) in [5, 5.41) is 0.691. The van der Waals surface area contributed by atoms with Crippen molar-refractivity contribution in [1.29, 1.82) is 0 Å². The lowest BCUT2D eigenvalue weighted by atomic mass is 9.98. The van der Waals surface area contributed by atoms with Crippen LogP contribution in [0.25, 0.3) is 11.0 Å². The van der Waals surface area contributed by atoms with Gasteiger partial charge in [-0.05, 0) is 57.0 Å². The summed E-state index contributed by atoms with van der Waals surface area (Å²) in [6, 6.07) is 11.8. The largest absolute Gasteiger partial charge is 0.494 e. The monoisotopic (exact) mass is 518 g/mol. The molecule has 0 saturated heterocycles. The number of benzene rings is 2. The first kappa shape index (κ1) is 24.7. The summed E-state index contributed by atoms with van der Waals surface area (Å²) in [5.41, 5.74) is 2.37. The number of anilines is 1. The third-order valence-corrected chi connectivity index (χ3v) is 7.28. The third kappa shape index (κ3) is 4.29.